The van der Waals surface area contributed by atoms with E-state index in [4.69, 9.17) is 9.05 Å². The van der Waals surface area contributed by atoms with Gasteiger partial charge in [0.15, 0.2) is 11.6 Å². The Kier molecular flexibility index (Phi) is 6.13. The fourth-order valence-corrected chi connectivity index (χ4v) is 3.86. The molecule has 9 nitrogen and oxygen atoms in total. The molecule has 0 spiro atoms. The van der Waals surface area contributed by atoms with Gasteiger partial charge in [-0.05, 0) is 45.3 Å². The fourth-order valence-electron chi connectivity index (χ4n) is 3.86. The second kappa shape index (κ2) is 9.13. The summed E-state index contributed by atoms with van der Waals surface area (Å²) in [4.78, 5) is 27.8. The molecule has 0 saturated carbocycles. The molecule has 1 unspecified atom stereocenters. The highest BCUT2D eigenvalue weighted by Gasteiger charge is 2.33. The highest BCUT2D eigenvalue weighted by atomic mass is 16.5. The summed E-state index contributed by atoms with van der Waals surface area (Å²) in [7, 11) is 0. The molecule has 2 aromatic heterocycles. The van der Waals surface area contributed by atoms with Crippen molar-refractivity contribution in [1.82, 2.24) is 15.2 Å². The number of nitrogens with zero attached hydrogens (tertiary/aromatic N) is 3. The van der Waals surface area contributed by atoms with Crippen molar-refractivity contribution < 1.29 is 18.6 Å². The quantitative estimate of drug-likeness (QED) is 0.625. The molecule has 3 aromatic rings. The van der Waals surface area contributed by atoms with Gasteiger partial charge in [0.05, 0.1) is 0 Å². The van der Waals surface area contributed by atoms with Crippen LogP contribution in [0.15, 0.2) is 51.5 Å². The average Bonchev–Trinajstić information content (AvgIpc) is 3.37. The molecule has 1 saturated heterocycles. The molecule has 1 atom stereocenters. The Balaban J connectivity index is 1.43. The third-order valence-corrected chi connectivity index (χ3v) is 5.39. The van der Waals surface area contributed by atoms with E-state index in [1.807, 2.05) is 30.3 Å². The third kappa shape index (κ3) is 5.00. The van der Waals surface area contributed by atoms with E-state index in [0.29, 0.717) is 49.1 Å². The standard InChI is InChI=1S/C22H25N5O4/c1-14-12-18(25-30-14)23-21(28)17-8-10-27(11-9-17)20(16-6-4-3-5-7-16)22(29)24-19-13-15(2)31-26-19/h3-7,12-13,17,20H,8-11H2,1-2H3,(H,23,25,28)(H,24,26,29). The van der Waals surface area contributed by atoms with E-state index in [-0.39, 0.29) is 17.7 Å². The molecule has 1 aliphatic rings. The molecule has 9 heteroatoms. The monoisotopic (exact) mass is 423 g/mol. The first kappa shape index (κ1) is 20.8. The van der Waals surface area contributed by atoms with Crippen molar-refractivity contribution in [3.05, 3.63) is 59.5 Å². The molecule has 3 heterocycles. The number of carbonyl (C=O) groups excluding carboxylic acids is 2. The van der Waals surface area contributed by atoms with E-state index in [1.54, 1.807) is 26.0 Å². The molecule has 162 valence electrons. The Morgan fingerprint density at radius 3 is 2.10 bits per heavy atom. The normalized spacial score (nSPS) is 16.1. The molecule has 2 amide bonds. The minimum atomic E-state index is -0.486. The van der Waals surface area contributed by atoms with Crippen molar-refractivity contribution in [2.45, 2.75) is 32.7 Å². The summed E-state index contributed by atoms with van der Waals surface area (Å²) in [6, 6.07) is 12.5. The molecule has 1 aliphatic heterocycles. The minimum absolute atomic E-state index is 0.0771. The van der Waals surface area contributed by atoms with Gasteiger partial charge in [0.25, 0.3) is 0 Å². The van der Waals surface area contributed by atoms with Crippen molar-refractivity contribution in [3.8, 4) is 0 Å². The van der Waals surface area contributed by atoms with Crippen LogP contribution in [0.3, 0.4) is 0 Å². The van der Waals surface area contributed by atoms with Gasteiger partial charge in [0.1, 0.15) is 17.6 Å². The van der Waals surface area contributed by atoms with Gasteiger partial charge in [-0.25, -0.2) is 0 Å². The maximum atomic E-state index is 13.1. The Morgan fingerprint density at radius 2 is 1.55 bits per heavy atom. The predicted molar refractivity (Wildman–Crippen MR) is 113 cm³/mol. The van der Waals surface area contributed by atoms with Gasteiger partial charge in [-0.1, -0.05) is 40.6 Å². The smallest absolute Gasteiger partial charge is 0.247 e. The van der Waals surface area contributed by atoms with Crippen LogP contribution in [0.4, 0.5) is 11.6 Å². The van der Waals surface area contributed by atoms with Crippen molar-refractivity contribution >= 4 is 23.5 Å². The molecule has 0 aliphatic carbocycles. The summed E-state index contributed by atoms with van der Waals surface area (Å²) in [6.45, 7) is 4.77. The van der Waals surface area contributed by atoms with E-state index in [9.17, 15) is 9.59 Å². The lowest BCUT2D eigenvalue weighted by atomic mass is 9.93. The molecule has 1 aromatic carbocycles. The molecule has 0 bridgehead atoms. The zero-order valence-corrected chi connectivity index (χ0v) is 17.5. The lowest BCUT2D eigenvalue weighted by Gasteiger charge is -2.36. The second-order valence-corrected chi connectivity index (χ2v) is 7.75. The van der Waals surface area contributed by atoms with Gasteiger partial charge in [0, 0.05) is 18.1 Å². The van der Waals surface area contributed by atoms with Crippen LogP contribution in [0.1, 0.15) is 36.0 Å². The van der Waals surface area contributed by atoms with E-state index in [0.717, 1.165) is 5.56 Å². The van der Waals surface area contributed by atoms with Crippen LogP contribution in [0.5, 0.6) is 0 Å². The molecule has 1 fully saturated rings. The Labute approximate surface area is 179 Å². The first-order valence-corrected chi connectivity index (χ1v) is 10.3. The van der Waals surface area contributed by atoms with Crippen LogP contribution >= 0.6 is 0 Å². The van der Waals surface area contributed by atoms with Gasteiger partial charge < -0.3 is 19.7 Å². The summed E-state index contributed by atoms with van der Waals surface area (Å²) < 4.78 is 10.1. The maximum Gasteiger partial charge on any atom is 0.247 e. The topological polar surface area (TPSA) is 114 Å². The SMILES string of the molecule is Cc1cc(NC(=O)C2CCN(C(C(=O)Nc3cc(C)on3)c3ccccc3)CC2)no1. The Hall–Kier alpha value is -3.46. The highest BCUT2D eigenvalue weighted by molar-refractivity contribution is 5.95. The van der Waals surface area contributed by atoms with Crippen LogP contribution in [-0.4, -0.2) is 40.1 Å². The van der Waals surface area contributed by atoms with Gasteiger partial charge in [-0.2, -0.15) is 0 Å². The first-order valence-electron chi connectivity index (χ1n) is 10.3. The van der Waals surface area contributed by atoms with Crippen molar-refractivity contribution in [3.63, 3.8) is 0 Å². The van der Waals surface area contributed by atoms with Gasteiger partial charge in [-0.3, -0.25) is 14.5 Å². The lowest BCUT2D eigenvalue weighted by molar-refractivity contribution is -0.124. The van der Waals surface area contributed by atoms with Crippen LogP contribution in [0, 0.1) is 19.8 Å². The largest absolute Gasteiger partial charge is 0.360 e. The number of hydrogen-bond acceptors (Lipinski definition) is 7. The van der Waals surface area contributed by atoms with Crippen molar-refractivity contribution in [2.24, 2.45) is 5.92 Å². The summed E-state index contributed by atoms with van der Waals surface area (Å²) >= 11 is 0. The number of amides is 2. The molecule has 31 heavy (non-hydrogen) atoms. The van der Waals surface area contributed by atoms with Crippen LogP contribution in [0.2, 0.25) is 0 Å². The number of benzene rings is 1. The Morgan fingerprint density at radius 1 is 0.968 bits per heavy atom. The zero-order chi connectivity index (χ0) is 21.8. The molecular weight excluding hydrogens is 398 g/mol. The molecular formula is C22H25N5O4. The molecule has 0 radical (unpaired) electrons. The van der Waals surface area contributed by atoms with E-state index >= 15 is 0 Å². The number of anilines is 2. The third-order valence-electron chi connectivity index (χ3n) is 5.39. The number of piperidine rings is 1. The minimum Gasteiger partial charge on any atom is -0.360 e. The summed E-state index contributed by atoms with van der Waals surface area (Å²) in [5.74, 6) is 1.68. The number of aromatic nitrogens is 2. The number of rotatable bonds is 6. The second-order valence-electron chi connectivity index (χ2n) is 7.75. The number of carbonyl (C=O) groups is 2. The van der Waals surface area contributed by atoms with E-state index < -0.39 is 6.04 Å². The van der Waals surface area contributed by atoms with Gasteiger partial charge >= 0.3 is 0 Å². The average molecular weight is 423 g/mol. The van der Waals surface area contributed by atoms with Crippen molar-refractivity contribution in [2.75, 3.05) is 23.7 Å². The molecule has 2 N–H and O–H groups in total. The van der Waals surface area contributed by atoms with Crippen LogP contribution in [-0.2, 0) is 9.59 Å². The summed E-state index contributed by atoms with van der Waals surface area (Å²) in [5, 5.41) is 13.3. The van der Waals surface area contributed by atoms with E-state index in [2.05, 4.69) is 25.8 Å². The van der Waals surface area contributed by atoms with Gasteiger partial charge in [-0.15, -0.1) is 0 Å². The van der Waals surface area contributed by atoms with Crippen LogP contribution in [0.25, 0.3) is 0 Å². The number of nitrogens with one attached hydrogen (secondary N) is 2. The van der Waals surface area contributed by atoms with Crippen molar-refractivity contribution in [1.29, 1.82) is 0 Å². The van der Waals surface area contributed by atoms with E-state index in [1.165, 1.54) is 0 Å². The number of aryl methyl sites for hydroxylation is 2. The first-order chi connectivity index (χ1) is 15.0. The maximum absolute atomic E-state index is 13.1. The van der Waals surface area contributed by atoms with Crippen LogP contribution < -0.4 is 10.6 Å². The lowest BCUT2D eigenvalue weighted by Crippen LogP contribution is -2.44. The highest BCUT2D eigenvalue weighted by Crippen LogP contribution is 2.29. The number of likely N-dealkylation sites (tertiary alicyclic amines) is 1. The summed E-state index contributed by atoms with van der Waals surface area (Å²) in [5.41, 5.74) is 0.890. The predicted octanol–water partition coefficient (Wildman–Crippen LogP) is 3.31. The van der Waals surface area contributed by atoms with Gasteiger partial charge in [0.2, 0.25) is 11.8 Å². The zero-order valence-electron chi connectivity index (χ0n) is 17.5. The Bertz CT molecular complexity index is 1040. The fraction of sp³-hybridized carbons (Fsp3) is 0.364. The number of hydrogen-bond donors (Lipinski definition) is 2. The molecule has 4 rings (SSSR count). The summed E-state index contributed by atoms with van der Waals surface area (Å²) in [6.07, 6.45) is 1.28.